The van der Waals surface area contributed by atoms with E-state index >= 15 is 0 Å². The highest BCUT2D eigenvalue weighted by molar-refractivity contribution is 7.51. The maximum atomic E-state index is 8.29. The first-order chi connectivity index (χ1) is 5.24. The van der Waals surface area contributed by atoms with Crippen LogP contribution in [-0.2, 0) is 11.6 Å². The normalized spacial score (nSPS) is 6.55. The molecule has 0 heterocycles. The third-order valence-electron chi connectivity index (χ3n) is 0.200. The Hall–Kier alpha value is -0.340. The molecule has 0 aromatic carbocycles. The van der Waals surface area contributed by atoms with E-state index in [1.54, 1.807) is 0 Å². The summed E-state index contributed by atoms with van der Waals surface area (Å²) >= 11 is -0.750. The first kappa shape index (κ1) is 17.0. The highest BCUT2D eigenvalue weighted by Crippen LogP contribution is 1.40. The van der Waals surface area contributed by atoms with Crippen molar-refractivity contribution in [2.75, 3.05) is 26.4 Å². The number of hydrogen-bond donors (Lipinski definition) is 4. The molecule has 0 radical (unpaired) electrons. The monoisotopic (exact) mass is 188 g/mol. The van der Waals surface area contributed by atoms with Gasteiger partial charge in [0, 0.05) is 0 Å². The number of hydrogen-bond acceptors (Lipinski definition) is 6. The van der Waals surface area contributed by atoms with Crippen LogP contribution in [0.25, 0.3) is 0 Å². The van der Waals surface area contributed by atoms with Gasteiger partial charge in [-0.3, -0.25) is 0 Å². The molecule has 0 fully saturated rings. The van der Waals surface area contributed by atoms with Crippen molar-refractivity contribution in [2.24, 2.45) is 0 Å². The summed E-state index contributed by atoms with van der Waals surface area (Å²) in [6.45, 7) is -0.500. The SMILES string of the molecule is O=S=O.OCCO.OCCO. The molecule has 0 atom stereocenters. The van der Waals surface area contributed by atoms with Crippen molar-refractivity contribution in [3.63, 3.8) is 0 Å². The van der Waals surface area contributed by atoms with Gasteiger partial charge in [0.2, 0.25) is 0 Å². The summed E-state index contributed by atoms with van der Waals surface area (Å²) in [7, 11) is 0. The summed E-state index contributed by atoms with van der Waals surface area (Å²) in [4.78, 5) is 0. The molecule has 0 saturated carbocycles. The lowest BCUT2D eigenvalue weighted by atomic mass is 10.8. The van der Waals surface area contributed by atoms with E-state index in [-0.39, 0.29) is 26.4 Å². The second-order valence-corrected chi connectivity index (χ2v) is 1.10. The van der Waals surface area contributed by atoms with Crippen LogP contribution in [0.2, 0.25) is 0 Å². The molecule has 0 bridgehead atoms. The Kier molecular flexibility index (Phi) is 51.4. The van der Waals surface area contributed by atoms with Crippen LogP contribution in [-0.4, -0.2) is 55.3 Å². The molecule has 0 spiro atoms. The summed E-state index contributed by atoms with van der Waals surface area (Å²) in [5.41, 5.74) is 0. The molecule has 0 unspecified atom stereocenters. The summed E-state index contributed by atoms with van der Waals surface area (Å²) in [6.07, 6.45) is 0. The molecule has 0 aromatic rings. The van der Waals surface area contributed by atoms with Gasteiger partial charge < -0.3 is 20.4 Å². The van der Waals surface area contributed by atoms with Crippen molar-refractivity contribution in [1.29, 1.82) is 0 Å². The first-order valence-corrected chi connectivity index (χ1v) is 3.26. The molecule has 70 valence electrons. The van der Waals surface area contributed by atoms with Gasteiger partial charge in [-0.15, -0.1) is 0 Å². The second-order valence-electron chi connectivity index (χ2n) is 0.962. The second kappa shape index (κ2) is 33.4. The third-order valence-corrected chi connectivity index (χ3v) is 0.200. The molecule has 0 aliphatic rings. The van der Waals surface area contributed by atoms with Gasteiger partial charge in [-0.2, -0.15) is 8.42 Å². The maximum Gasteiger partial charge on any atom is 0.335 e. The van der Waals surface area contributed by atoms with Crippen LogP contribution in [0.1, 0.15) is 0 Å². The predicted molar refractivity (Wildman–Crippen MR) is 37.3 cm³/mol. The largest absolute Gasteiger partial charge is 0.394 e. The van der Waals surface area contributed by atoms with Crippen LogP contribution in [0.5, 0.6) is 0 Å². The molecule has 0 aromatic heterocycles. The molecule has 6 nitrogen and oxygen atoms in total. The van der Waals surface area contributed by atoms with Gasteiger partial charge in [-0.25, -0.2) is 0 Å². The van der Waals surface area contributed by atoms with Crippen molar-refractivity contribution in [2.45, 2.75) is 0 Å². The van der Waals surface area contributed by atoms with E-state index in [9.17, 15) is 0 Å². The molecule has 0 rings (SSSR count). The molecule has 0 aliphatic carbocycles. The quantitative estimate of drug-likeness (QED) is 0.374. The number of aliphatic hydroxyl groups is 4. The molecule has 0 amide bonds. The lowest BCUT2D eigenvalue weighted by Crippen LogP contribution is -1.85. The van der Waals surface area contributed by atoms with E-state index in [2.05, 4.69) is 0 Å². The van der Waals surface area contributed by atoms with Crippen molar-refractivity contribution < 1.29 is 28.8 Å². The Bertz CT molecular complexity index is 63.0. The zero-order valence-corrected chi connectivity index (χ0v) is 6.66. The van der Waals surface area contributed by atoms with E-state index in [1.165, 1.54) is 0 Å². The third kappa shape index (κ3) is 206. The van der Waals surface area contributed by atoms with Crippen molar-refractivity contribution in [1.82, 2.24) is 0 Å². The predicted octanol–water partition coefficient (Wildman–Crippen LogP) is -2.73. The number of aliphatic hydroxyl groups excluding tert-OH is 4. The lowest BCUT2D eigenvalue weighted by molar-refractivity contribution is 0.186. The fraction of sp³-hybridized carbons (Fsp3) is 1.00. The fourth-order valence-electron chi connectivity index (χ4n) is 0. The van der Waals surface area contributed by atoms with Gasteiger partial charge in [0.05, 0.1) is 26.4 Å². The van der Waals surface area contributed by atoms with Gasteiger partial charge in [0.25, 0.3) is 0 Å². The number of rotatable bonds is 2. The van der Waals surface area contributed by atoms with Crippen LogP contribution < -0.4 is 0 Å². The van der Waals surface area contributed by atoms with E-state index in [0.29, 0.717) is 0 Å². The maximum absolute atomic E-state index is 8.29. The topological polar surface area (TPSA) is 115 Å². The Balaban J connectivity index is -0.0000000886. The highest BCUT2D eigenvalue weighted by Gasteiger charge is 1.58. The molecule has 7 heteroatoms. The van der Waals surface area contributed by atoms with Crippen LogP contribution in [0.15, 0.2) is 0 Å². The summed E-state index contributed by atoms with van der Waals surface area (Å²) in [5.74, 6) is 0. The van der Waals surface area contributed by atoms with E-state index in [0.717, 1.165) is 0 Å². The fourth-order valence-corrected chi connectivity index (χ4v) is 0. The van der Waals surface area contributed by atoms with Crippen molar-refractivity contribution >= 4 is 11.6 Å². The molecule has 11 heavy (non-hydrogen) atoms. The van der Waals surface area contributed by atoms with Crippen LogP contribution in [0.4, 0.5) is 0 Å². The molecule has 0 aliphatic heterocycles. The standard InChI is InChI=1S/2C2H6O2.O2S/c2*3-1-2-4;1-3-2/h2*3-4H,1-2H2;. The minimum atomic E-state index is -0.750. The first-order valence-electron chi connectivity index (χ1n) is 2.60. The van der Waals surface area contributed by atoms with E-state index in [1.807, 2.05) is 0 Å². The average molecular weight is 188 g/mol. The van der Waals surface area contributed by atoms with Crippen molar-refractivity contribution in [3.05, 3.63) is 0 Å². The van der Waals surface area contributed by atoms with Crippen LogP contribution >= 0.6 is 0 Å². The minimum Gasteiger partial charge on any atom is -0.394 e. The summed E-state index contributed by atoms with van der Waals surface area (Å²) in [5, 5.41) is 30.5. The summed E-state index contributed by atoms with van der Waals surface area (Å²) in [6, 6.07) is 0. The van der Waals surface area contributed by atoms with E-state index < -0.39 is 11.6 Å². The molecular weight excluding hydrogens is 176 g/mol. The zero-order chi connectivity index (χ0) is 9.54. The zero-order valence-electron chi connectivity index (χ0n) is 5.84. The smallest absolute Gasteiger partial charge is 0.335 e. The summed E-state index contributed by atoms with van der Waals surface area (Å²) < 4.78 is 16.6. The molecular formula is C4H12O6S. The Labute approximate surface area is 67.7 Å². The van der Waals surface area contributed by atoms with Gasteiger partial charge in [-0.1, -0.05) is 0 Å². The van der Waals surface area contributed by atoms with Crippen LogP contribution in [0.3, 0.4) is 0 Å². The van der Waals surface area contributed by atoms with Gasteiger partial charge in [-0.05, 0) is 0 Å². The average Bonchev–Trinajstić information content (AvgIpc) is 2.06. The van der Waals surface area contributed by atoms with E-state index in [4.69, 9.17) is 28.8 Å². The van der Waals surface area contributed by atoms with Gasteiger partial charge >= 0.3 is 11.6 Å². The molecule has 4 N–H and O–H groups in total. The minimum absolute atomic E-state index is 0.125. The Morgan fingerprint density at radius 3 is 0.818 bits per heavy atom. The Morgan fingerprint density at radius 2 is 0.818 bits per heavy atom. The van der Waals surface area contributed by atoms with Crippen molar-refractivity contribution in [3.8, 4) is 0 Å². The Morgan fingerprint density at radius 1 is 0.727 bits per heavy atom. The lowest BCUT2D eigenvalue weighted by Gasteiger charge is -1.70. The molecule has 0 saturated heterocycles. The van der Waals surface area contributed by atoms with Gasteiger partial charge in [0.15, 0.2) is 0 Å². The van der Waals surface area contributed by atoms with Gasteiger partial charge in [0.1, 0.15) is 0 Å². The van der Waals surface area contributed by atoms with Crippen LogP contribution in [0, 0.1) is 0 Å². The highest BCUT2D eigenvalue weighted by atomic mass is 32.1.